The zero-order chi connectivity index (χ0) is 20.8. The second-order valence-corrected chi connectivity index (χ2v) is 7.02. The maximum absolute atomic E-state index is 14.3. The highest BCUT2D eigenvalue weighted by Gasteiger charge is 2.28. The normalized spacial score (nSPS) is 17.1. The molecule has 3 aromatic carbocycles. The van der Waals surface area contributed by atoms with Gasteiger partial charge in [0.25, 0.3) is 11.8 Å². The summed E-state index contributed by atoms with van der Waals surface area (Å²) in [5, 5.41) is 5.30. The van der Waals surface area contributed by atoms with Crippen LogP contribution in [0.25, 0.3) is 23.3 Å². The Morgan fingerprint density at radius 1 is 0.633 bits per heavy atom. The second-order valence-electron chi connectivity index (χ2n) is 7.02. The molecule has 0 saturated heterocycles. The van der Waals surface area contributed by atoms with E-state index in [9.17, 15) is 18.4 Å². The van der Waals surface area contributed by atoms with Gasteiger partial charge in [-0.2, -0.15) is 0 Å². The van der Waals surface area contributed by atoms with Gasteiger partial charge < -0.3 is 10.6 Å². The van der Waals surface area contributed by atoms with Gasteiger partial charge in [-0.3, -0.25) is 9.59 Å². The highest BCUT2D eigenvalue weighted by atomic mass is 19.1. The van der Waals surface area contributed by atoms with Gasteiger partial charge >= 0.3 is 0 Å². The molecular formula is C24H14F2N2O2. The standard InChI is InChI=1S/C24H14F2N2O2/c25-17-6-2-8-19-21(17)15(23(29)27-19)11-13-4-1-5-14(10-13)12-16-22-18(26)7-3-9-20(22)28-24(16)30/h1-12H,(H,27,29)(H,28,30)/b15-11+,16-12+. The van der Waals surface area contributed by atoms with Gasteiger partial charge in [-0.25, -0.2) is 8.78 Å². The zero-order valence-corrected chi connectivity index (χ0v) is 15.5. The van der Waals surface area contributed by atoms with E-state index < -0.39 is 11.6 Å². The lowest BCUT2D eigenvalue weighted by molar-refractivity contribution is -0.111. The van der Waals surface area contributed by atoms with Crippen molar-refractivity contribution in [2.75, 3.05) is 10.6 Å². The van der Waals surface area contributed by atoms with E-state index >= 15 is 0 Å². The van der Waals surface area contributed by atoms with Crippen LogP contribution in [0.4, 0.5) is 20.2 Å². The number of benzene rings is 3. The Morgan fingerprint density at radius 2 is 1.07 bits per heavy atom. The van der Waals surface area contributed by atoms with Crippen LogP contribution in [0.1, 0.15) is 22.3 Å². The zero-order valence-electron chi connectivity index (χ0n) is 15.5. The molecule has 2 heterocycles. The first-order valence-corrected chi connectivity index (χ1v) is 9.25. The summed E-state index contributed by atoms with van der Waals surface area (Å²) >= 11 is 0. The molecule has 0 radical (unpaired) electrons. The monoisotopic (exact) mass is 400 g/mol. The molecule has 4 nitrogen and oxygen atoms in total. The average molecular weight is 400 g/mol. The number of halogens is 2. The molecule has 2 aliphatic heterocycles. The van der Waals surface area contributed by atoms with Crippen molar-refractivity contribution in [2.24, 2.45) is 0 Å². The number of fused-ring (bicyclic) bond motifs is 2. The largest absolute Gasteiger partial charge is 0.321 e. The van der Waals surface area contributed by atoms with Crippen LogP contribution in [0.15, 0.2) is 60.7 Å². The van der Waals surface area contributed by atoms with Crippen LogP contribution in [0, 0.1) is 11.6 Å². The van der Waals surface area contributed by atoms with Crippen molar-refractivity contribution in [1.82, 2.24) is 0 Å². The summed E-state index contributed by atoms with van der Waals surface area (Å²) in [6, 6.07) is 16.0. The van der Waals surface area contributed by atoms with Crippen molar-refractivity contribution in [3.63, 3.8) is 0 Å². The highest BCUT2D eigenvalue weighted by molar-refractivity contribution is 6.35. The van der Waals surface area contributed by atoms with E-state index in [-0.39, 0.29) is 34.1 Å². The molecule has 0 spiro atoms. The van der Waals surface area contributed by atoms with E-state index in [0.29, 0.717) is 22.5 Å². The van der Waals surface area contributed by atoms with E-state index in [1.165, 1.54) is 24.3 Å². The van der Waals surface area contributed by atoms with Gasteiger partial charge in [0.2, 0.25) is 0 Å². The molecule has 0 aromatic heterocycles. The lowest BCUT2D eigenvalue weighted by Crippen LogP contribution is -2.04. The first-order chi connectivity index (χ1) is 14.5. The van der Waals surface area contributed by atoms with Crippen molar-refractivity contribution in [2.45, 2.75) is 0 Å². The highest BCUT2D eigenvalue weighted by Crippen LogP contribution is 2.36. The Kier molecular flexibility index (Phi) is 4.06. The predicted molar refractivity (Wildman–Crippen MR) is 112 cm³/mol. The molecule has 0 unspecified atom stereocenters. The summed E-state index contributed by atoms with van der Waals surface area (Å²) in [6.45, 7) is 0. The third-order valence-electron chi connectivity index (χ3n) is 5.08. The van der Waals surface area contributed by atoms with Crippen molar-refractivity contribution < 1.29 is 18.4 Å². The SMILES string of the molecule is O=C1Nc2cccc(F)c2/C1=C\c1cccc(/C=C2/C(=O)Nc3cccc(F)c32)c1. The summed E-state index contributed by atoms with van der Waals surface area (Å²) in [7, 11) is 0. The molecule has 2 amide bonds. The molecule has 5 rings (SSSR count). The quantitative estimate of drug-likeness (QED) is 0.598. The lowest BCUT2D eigenvalue weighted by Gasteiger charge is -2.03. The summed E-state index contributed by atoms with van der Waals surface area (Å²) in [6.07, 6.45) is 3.19. The Morgan fingerprint density at radius 3 is 1.53 bits per heavy atom. The van der Waals surface area contributed by atoms with Crippen LogP contribution < -0.4 is 10.6 Å². The van der Waals surface area contributed by atoms with Gasteiger partial charge in [-0.15, -0.1) is 0 Å². The maximum Gasteiger partial charge on any atom is 0.256 e. The summed E-state index contributed by atoms with van der Waals surface area (Å²) in [5.74, 6) is -1.73. The second kappa shape index (κ2) is 6.77. The first-order valence-electron chi connectivity index (χ1n) is 9.25. The van der Waals surface area contributed by atoms with Gasteiger partial charge in [-0.05, 0) is 53.6 Å². The molecule has 0 aliphatic carbocycles. The van der Waals surface area contributed by atoms with Crippen molar-refractivity contribution in [3.05, 3.63) is 94.6 Å². The molecule has 2 aliphatic rings. The predicted octanol–water partition coefficient (Wildman–Crippen LogP) is 4.95. The number of hydrogen-bond acceptors (Lipinski definition) is 2. The molecule has 2 N–H and O–H groups in total. The van der Waals surface area contributed by atoms with Gasteiger partial charge in [0.05, 0.1) is 22.5 Å². The van der Waals surface area contributed by atoms with E-state index in [0.717, 1.165) is 0 Å². The number of nitrogens with one attached hydrogen (secondary N) is 2. The number of amides is 2. The Hall–Kier alpha value is -4.06. The summed E-state index contributed by atoms with van der Waals surface area (Å²) in [5.41, 5.74) is 3.08. The van der Waals surface area contributed by atoms with Crippen molar-refractivity contribution in [3.8, 4) is 0 Å². The minimum atomic E-state index is -0.481. The molecule has 6 heteroatoms. The number of anilines is 2. The molecule has 0 saturated carbocycles. The molecule has 3 aromatic rings. The lowest BCUT2D eigenvalue weighted by atomic mass is 10.00. The van der Waals surface area contributed by atoms with E-state index in [2.05, 4.69) is 10.6 Å². The third-order valence-corrected chi connectivity index (χ3v) is 5.08. The fourth-order valence-corrected chi connectivity index (χ4v) is 3.76. The summed E-state index contributed by atoms with van der Waals surface area (Å²) < 4.78 is 28.5. The molecule has 146 valence electrons. The third kappa shape index (κ3) is 2.90. The van der Waals surface area contributed by atoms with Crippen molar-refractivity contribution >= 4 is 46.5 Å². The number of carbonyl (C=O) groups excluding carboxylic acids is 2. The topological polar surface area (TPSA) is 58.2 Å². The van der Waals surface area contributed by atoms with E-state index in [4.69, 9.17) is 0 Å². The minimum absolute atomic E-state index is 0.225. The minimum Gasteiger partial charge on any atom is -0.321 e. The molecular weight excluding hydrogens is 386 g/mol. The molecule has 0 atom stereocenters. The maximum atomic E-state index is 14.3. The Labute approximate surface area is 170 Å². The fourth-order valence-electron chi connectivity index (χ4n) is 3.76. The summed E-state index contributed by atoms with van der Waals surface area (Å²) in [4.78, 5) is 24.6. The number of carbonyl (C=O) groups is 2. The van der Waals surface area contributed by atoms with Crippen molar-refractivity contribution in [1.29, 1.82) is 0 Å². The van der Waals surface area contributed by atoms with Gasteiger partial charge in [0, 0.05) is 11.1 Å². The van der Waals surface area contributed by atoms with Crippen LogP contribution in [0.5, 0.6) is 0 Å². The van der Waals surface area contributed by atoms with Crippen LogP contribution >= 0.6 is 0 Å². The molecule has 0 fully saturated rings. The van der Waals surface area contributed by atoms with Crippen LogP contribution in [-0.2, 0) is 9.59 Å². The fraction of sp³-hybridized carbons (Fsp3) is 0. The Balaban J connectivity index is 1.56. The van der Waals surface area contributed by atoms with Crippen LogP contribution in [0.3, 0.4) is 0 Å². The van der Waals surface area contributed by atoms with Gasteiger partial charge in [0.15, 0.2) is 0 Å². The van der Waals surface area contributed by atoms with Gasteiger partial charge in [0.1, 0.15) is 11.6 Å². The first kappa shape index (κ1) is 18.0. The Bertz CT molecular complexity index is 1210. The smallest absolute Gasteiger partial charge is 0.256 e. The van der Waals surface area contributed by atoms with E-state index in [1.807, 2.05) is 0 Å². The number of rotatable bonds is 2. The van der Waals surface area contributed by atoms with Gasteiger partial charge in [-0.1, -0.05) is 30.3 Å². The number of hydrogen-bond donors (Lipinski definition) is 2. The molecule has 0 bridgehead atoms. The van der Waals surface area contributed by atoms with Crippen LogP contribution in [0.2, 0.25) is 0 Å². The average Bonchev–Trinajstić information content (AvgIpc) is 3.20. The van der Waals surface area contributed by atoms with E-state index in [1.54, 1.807) is 48.6 Å². The molecule has 30 heavy (non-hydrogen) atoms. The van der Waals surface area contributed by atoms with Crippen LogP contribution in [-0.4, -0.2) is 11.8 Å².